The van der Waals surface area contributed by atoms with Gasteiger partial charge in [-0.05, 0) is 131 Å². The predicted octanol–water partition coefficient (Wildman–Crippen LogP) is 11.6. The summed E-state index contributed by atoms with van der Waals surface area (Å²) < 4.78 is 5.10. The molecular formula is C79H56BN3Si2. The molecule has 6 heteroatoms. The molecule has 0 aliphatic carbocycles. The molecule has 2 aliphatic heterocycles. The molecule has 3 nitrogen and oxygen atoms in total. The predicted molar refractivity (Wildman–Crippen MR) is 366 cm³/mol. The van der Waals surface area contributed by atoms with Crippen molar-refractivity contribution in [2.75, 3.05) is 4.90 Å². The number of para-hydroxylation sites is 3. The average molecular weight is 1110 g/mol. The maximum Gasteiger partial charge on any atom is 0.252 e. The van der Waals surface area contributed by atoms with E-state index in [1.54, 1.807) is 0 Å². The van der Waals surface area contributed by atoms with Crippen molar-refractivity contribution in [1.82, 2.24) is 9.13 Å². The molecular weight excluding hydrogens is 1060 g/mol. The average Bonchev–Trinajstić information content (AvgIpc) is 1.66. The quantitative estimate of drug-likeness (QED) is 0.0983. The van der Waals surface area contributed by atoms with Gasteiger partial charge in [0, 0.05) is 55.5 Å². The third kappa shape index (κ3) is 7.13. The Balaban J connectivity index is 0.996. The van der Waals surface area contributed by atoms with Crippen molar-refractivity contribution in [3.05, 3.63) is 327 Å². The molecule has 0 spiro atoms. The standard InChI is InChI=1S/C79H56BN3Si2/c1-55-51-74-78-75(52-55)83-72-50-49-71-76(66-43-23-24-46-70(66)81(71)56-27-9-2-10-28-56)77(72)67-44-26-45-69(79(67)83)80(78)68-48-47-65(85(61-36-17-6-18-37-61,62-38-19-7-20-39-62)63-40-21-8-22-41-63)54-73(68)82(74)57-29-25-42-64(53-57)84(58-30-11-3-12-31-58,59-32-13-4-14-33-59)60-34-15-5-16-35-60/h2-54H,1H3. The van der Waals surface area contributed by atoms with Crippen molar-refractivity contribution >= 4 is 141 Å². The van der Waals surface area contributed by atoms with Gasteiger partial charge in [0.15, 0.2) is 16.1 Å². The van der Waals surface area contributed by atoms with Crippen LogP contribution in [0.15, 0.2) is 322 Å². The van der Waals surface area contributed by atoms with Gasteiger partial charge >= 0.3 is 0 Å². The first-order valence-electron chi connectivity index (χ1n) is 29.7. The fourth-order valence-corrected chi connectivity index (χ4v) is 25.1. The van der Waals surface area contributed by atoms with Crippen LogP contribution >= 0.6 is 0 Å². The molecule has 0 radical (unpaired) electrons. The van der Waals surface area contributed by atoms with E-state index in [4.69, 9.17) is 0 Å². The van der Waals surface area contributed by atoms with Crippen molar-refractivity contribution in [3.63, 3.8) is 0 Å². The topological polar surface area (TPSA) is 13.1 Å². The monoisotopic (exact) mass is 1110 g/mol. The third-order valence-corrected chi connectivity index (χ3v) is 28.3. The summed E-state index contributed by atoms with van der Waals surface area (Å²) in [5, 5.41) is 15.9. The van der Waals surface area contributed by atoms with Crippen LogP contribution in [0.1, 0.15) is 5.56 Å². The van der Waals surface area contributed by atoms with Gasteiger partial charge in [0.1, 0.15) is 0 Å². The van der Waals surface area contributed by atoms with Gasteiger partial charge in [-0.15, -0.1) is 0 Å². The Labute approximate surface area is 497 Å². The zero-order valence-corrected chi connectivity index (χ0v) is 49.0. The maximum absolute atomic E-state index is 3.02. The zero-order valence-electron chi connectivity index (χ0n) is 47.0. The number of anilines is 3. The second-order valence-electron chi connectivity index (χ2n) is 23.1. The lowest BCUT2D eigenvalue weighted by molar-refractivity contribution is 1.16. The number of fused-ring (bicyclic) bond motifs is 11. The molecule has 0 N–H and O–H groups in total. The van der Waals surface area contributed by atoms with Crippen molar-refractivity contribution in [1.29, 1.82) is 0 Å². The first-order chi connectivity index (χ1) is 42.1. The summed E-state index contributed by atoms with van der Waals surface area (Å²) in [6.45, 7) is 2.24. The van der Waals surface area contributed by atoms with Gasteiger partial charge in [0.25, 0.3) is 6.71 Å². The van der Waals surface area contributed by atoms with Crippen LogP contribution in [0.2, 0.25) is 0 Å². The number of benzene rings is 13. The van der Waals surface area contributed by atoms with Crippen LogP contribution in [-0.2, 0) is 0 Å². The first kappa shape index (κ1) is 49.4. The molecule has 0 unspecified atom stereocenters. The van der Waals surface area contributed by atoms with Crippen LogP contribution in [0, 0.1) is 6.92 Å². The van der Waals surface area contributed by atoms with Crippen LogP contribution in [0.25, 0.3) is 55.0 Å². The highest BCUT2D eigenvalue weighted by molar-refractivity contribution is 7.20. The van der Waals surface area contributed by atoms with Crippen LogP contribution in [-0.4, -0.2) is 32.0 Å². The van der Waals surface area contributed by atoms with E-state index >= 15 is 0 Å². The molecule has 0 saturated heterocycles. The summed E-state index contributed by atoms with van der Waals surface area (Å²) in [7, 11) is -5.99. The zero-order chi connectivity index (χ0) is 56.2. The summed E-state index contributed by atoms with van der Waals surface area (Å²) in [5.74, 6) is 0. The minimum Gasteiger partial charge on any atom is -0.311 e. The van der Waals surface area contributed by atoms with E-state index in [0.717, 1.165) is 11.4 Å². The molecule has 0 fully saturated rings. The molecule has 0 atom stereocenters. The summed E-state index contributed by atoms with van der Waals surface area (Å²) in [6, 6.07) is 122. The van der Waals surface area contributed by atoms with Crippen LogP contribution < -0.4 is 62.8 Å². The van der Waals surface area contributed by atoms with Crippen LogP contribution in [0.5, 0.6) is 0 Å². The van der Waals surface area contributed by atoms with E-state index in [1.165, 1.54) is 124 Å². The number of aromatic nitrogens is 2. The molecule has 85 heavy (non-hydrogen) atoms. The fourth-order valence-electron chi connectivity index (χ4n) is 15.5. The second kappa shape index (κ2) is 19.4. The number of rotatable bonds is 10. The van der Waals surface area contributed by atoms with Gasteiger partial charge in [-0.2, -0.15) is 0 Å². The van der Waals surface area contributed by atoms with E-state index in [1.807, 2.05) is 0 Å². The van der Waals surface area contributed by atoms with E-state index in [9.17, 15) is 0 Å². The molecule has 0 bridgehead atoms. The highest BCUT2D eigenvalue weighted by Crippen LogP contribution is 2.45. The summed E-state index contributed by atoms with van der Waals surface area (Å²) in [4.78, 5) is 2.67. The Morgan fingerprint density at radius 1 is 0.282 bits per heavy atom. The molecule has 0 saturated carbocycles. The molecule has 15 aromatic rings. The molecule has 2 aliphatic rings. The summed E-state index contributed by atoms with van der Waals surface area (Å²) in [6.07, 6.45) is 0. The normalized spacial score (nSPS) is 12.7. The highest BCUT2D eigenvalue weighted by atomic mass is 28.3. The van der Waals surface area contributed by atoms with Gasteiger partial charge in [-0.25, -0.2) is 0 Å². The van der Waals surface area contributed by atoms with Gasteiger partial charge in [-0.3, -0.25) is 0 Å². The largest absolute Gasteiger partial charge is 0.311 e. The van der Waals surface area contributed by atoms with E-state index in [0.29, 0.717) is 0 Å². The number of aryl methyl sites for hydroxylation is 1. The first-order valence-corrected chi connectivity index (χ1v) is 33.7. The molecule has 398 valence electrons. The lowest BCUT2D eigenvalue weighted by Crippen LogP contribution is -2.75. The van der Waals surface area contributed by atoms with E-state index in [2.05, 4.69) is 342 Å². The Kier molecular flexibility index (Phi) is 11.3. The third-order valence-electron chi connectivity index (χ3n) is 18.8. The lowest BCUT2D eigenvalue weighted by Gasteiger charge is -2.42. The Bertz CT molecular complexity index is 4880. The van der Waals surface area contributed by atoms with Crippen LogP contribution in [0.4, 0.5) is 17.1 Å². The highest BCUT2D eigenvalue weighted by Gasteiger charge is 2.47. The smallest absolute Gasteiger partial charge is 0.252 e. The van der Waals surface area contributed by atoms with Gasteiger partial charge < -0.3 is 14.0 Å². The Morgan fingerprint density at radius 3 is 1.26 bits per heavy atom. The van der Waals surface area contributed by atoms with Crippen LogP contribution in [0.3, 0.4) is 0 Å². The van der Waals surface area contributed by atoms with Crippen molar-refractivity contribution in [2.24, 2.45) is 0 Å². The molecule has 2 aromatic heterocycles. The Hall–Kier alpha value is -10.2. The van der Waals surface area contributed by atoms with Gasteiger partial charge in [0.2, 0.25) is 0 Å². The molecule has 17 rings (SSSR count). The fraction of sp³-hybridized carbons (Fsp3) is 0.0127. The number of hydrogen-bond donors (Lipinski definition) is 0. The Morgan fingerprint density at radius 2 is 0.706 bits per heavy atom. The van der Waals surface area contributed by atoms with E-state index < -0.39 is 16.1 Å². The summed E-state index contributed by atoms with van der Waals surface area (Å²) >= 11 is 0. The van der Waals surface area contributed by atoms with Crippen molar-refractivity contribution in [3.8, 4) is 11.4 Å². The van der Waals surface area contributed by atoms with Gasteiger partial charge in [-0.1, -0.05) is 261 Å². The summed E-state index contributed by atoms with van der Waals surface area (Å²) in [5.41, 5.74) is 16.1. The number of hydrogen-bond acceptors (Lipinski definition) is 1. The van der Waals surface area contributed by atoms with E-state index in [-0.39, 0.29) is 6.71 Å². The minimum absolute atomic E-state index is 0.0663. The molecule has 13 aromatic carbocycles. The molecule has 4 heterocycles. The van der Waals surface area contributed by atoms with Crippen molar-refractivity contribution < 1.29 is 0 Å². The number of nitrogens with zero attached hydrogens (tertiary/aromatic N) is 3. The minimum atomic E-state index is -3.02. The lowest BCUT2D eigenvalue weighted by atomic mass is 9.34. The molecule has 0 amide bonds. The SMILES string of the molecule is Cc1cc2c3c(c1)-n1c4ccc5c(c6ccccc6n5-c5ccccc5)c4c4cccc(c41)B3c1ccc([Si](c3ccccc3)(c3ccccc3)c3ccccc3)cc1N2c1cccc([Si](c2ccccc2)(c2ccccc2)c2ccccc2)c1. The van der Waals surface area contributed by atoms with Crippen molar-refractivity contribution in [2.45, 2.75) is 6.92 Å². The van der Waals surface area contributed by atoms with Gasteiger partial charge in [0.05, 0.1) is 16.6 Å². The second-order valence-corrected chi connectivity index (χ2v) is 30.7. The maximum atomic E-state index is 2.67.